The van der Waals surface area contributed by atoms with Crippen LogP contribution in [0, 0.1) is 5.82 Å². The number of anilines is 1. The average molecular weight is 284 g/mol. The van der Waals surface area contributed by atoms with Gasteiger partial charge in [0.25, 0.3) is 5.91 Å². The number of amides is 1. The first-order valence-corrected chi connectivity index (χ1v) is 7.72. The molecule has 0 saturated heterocycles. The molecule has 0 saturated carbocycles. The van der Waals surface area contributed by atoms with Crippen molar-refractivity contribution in [2.75, 3.05) is 24.7 Å². The molecule has 0 aliphatic heterocycles. The van der Waals surface area contributed by atoms with Crippen LogP contribution in [-0.2, 0) is 0 Å². The fourth-order valence-corrected chi connectivity index (χ4v) is 2.03. The van der Waals surface area contributed by atoms with E-state index in [4.69, 9.17) is 0 Å². The number of hydrogen-bond acceptors (Lipinski definition) is 3. The average Bonchev–Trinajstić information content (AvgIpc) is 2.40. The van der Waals surface area contributed by atoms with E-state index in [0.717, 1.165) is 6.42 Å². The molecule has 0 radical (unpaired) electrons. The first-order valence-electron chi connectivity index (χ1n) is 6.43. The zero-order valence-electron chi connectivity index (χ0n) is 11.6. The third-order valence-electron chi connectivity index (χ3n) is 2.85. The van der Waals surface area contributed by atoms with Gasteiger partial charge in [-0.3, -0.25) is 4.79 Å². The molecule has 0 aromatic heterocycles. The van der Waals surface area contributed by atoms with Gasteiger partial charge in [0.15, 0.2) is 0 Å². The van der Waals surface area contributed by atoms with Crippen LogP contribution in [0.2, 0.25) is 0 Å². The number of para-hydroxylation sites is 1. The minimum Gasteiger partial charge on any atom is -0.382 e. The quantitative estimate of drug-likeness (QED) is 0.808. The molecule has 2 N–H and O–H groups in total. The van der Waals surface area contributed by atoms with E-state index in [0.29, 0.717) is 23.9 Å². The molecule has 1 rings (SSSR count). The Morgan fingerprint density at radius 1 is 1.47 bits per heavy atom. The number of carbonyl (C=O) groups is 1. The lowest BCUT2D eigenvalue weighted by molar-refractivity contribution is 0.0953. The number of rotatable bonds is 7. The summed E-state index contributed by atoms with van der Waals surface area (Å²) in [7, 11) is 0. The zero-order chi connectivity index (χ0) is 14.3. The van der Waals surface area contributed by atoms with Gasteiger partial charge in [-0.1, -0.05) is 13.0 Å². The maximum absolute atomic E-state index is 13.7. The Morgan fingerprint density at radius 2 is 2.21 bits per heavy atom. The molecule has 0 heterocycles. The Kier molecular flexibility index (Phi) is 6.70. The normalized spacial score (nSPS) is 12.0. The van der Waals surface area contributed by atoms with Crippen LogP contribution in [-0.4, -0.2) is 30.5 Å². The van der Waals surface area contributed by atoms with E-state index in [1.165, 1.54) is 6.07 Å². The van der Waals surface area contributed by atoms with Crippen molar-refractivity contribution >= 4 is 23.4 Å². The van der Waals surface area contributed by atoms with E-state index in [-0.39, 0.29) is 11.6 Å². The van der Waals surface area contributed by atoms with Gasteiger partial charge in [-0.2, -0.15) is 11.8 Å². The third kappa shape index (κ3) is 4.74. The van der Waals surface area contributed by atoms with Crippen LogP contribution in [0.25, 0.3) is 0 Å². The monoisotopic (exact) mass is 284 g/mol. The molecule has 1 amide bonds. The zero-order valence-corrected chi connectivity index (χ0v) is 12.4. The van der Waals surface area contributed by atoms with Gasteiger partial charge in [0, 0.05) is 18.3 Å². The fourth-order valence-electron chi connectivity index (χ4n) is 1.67. The van der Waals surface area contributed by atoms with Crippen LogP contribution in [0.1, 0.15) is 30.6 Å². The van der Waals surface area contributed by atoms with Crippen LogP contribution in [0.3, 0.4) is 0 Å². The number of benzene rings is 1. The molecule has 0 fully saturated rings. The lowest BCUT2D eigenvalue weighted by Gasteiger charge is -2.13. The molecule has 5 heteroatoms. The molecule has 19 heavy (non-hydrogen) atoms. The van der Waals surface area contributed by atoms with Crippen LogP contribution in [0.4, 0.5) is 10.1 Å². The molecule has 3 nitrogen and oxygen atoms in total. The number of carbonyl (C=O) groups excluding carboxylic acids is 1. The highest BCUT2D eigenvalue weighted by Gasteiger charge is 2.14. The Bertz CT molecular complexity index is 426. The SMILES string of the molecule is CCNc1c(F)cccc1C(=O)NCCC(C)SC. The highest BCUT2D eigenvalue weighted by Crippen LogP contribution is 2.19. The molecule has 0 bridgehead atoms. The first kappa shape index (κ1) is 15.8. The van der Waals surface area contributed by atoms with Crippen molar-refractivity contribution in [3.63, 3.8) is 0 Å². The standard InChI is InChI=1S/C14H21FN2OS/c1-4-16-13-11(6-5-7-12(13)15)14(18)17-9-8-10(2)19-3/h5-7,10,16H,4,8-9H2,1-3H3,(H,17,18). The molecule has 0 aliphatic carbocycles. The molecule has 0 aliphatic rings. The molecule has 1 atom stereocenters. The molecular weight excluding hydrogens is 263 g/mol. The fraction of sp³-hybridized carbons (Fsp3) is 0.500. The Balaban J connectivity index is 2.68. The smallest absolute Gasteiger partial charge is 0.253 e. The van der Waals surface area contributed by atoms with Gasteiger partial charge in [0.05, 0.1) is 11.3 Å². The highest BCUT2D eigenvalue weighted by molar-refractivity contribution is 7.99. The van der Waals surface area contributed by atoms with E-state index in [1.54, 1.807) is 23.9 Å². The van der Waals surface area contributed by atoms with Crippen molar-refractivity contribution in [1.29, 1.82) is 0 Å². The first-order chi connectivity index (χ1) is 9.10. The van der Waals surface area contributed by atoms with Gasteiger partial charge in [0.1, 0.15) is 5.82 Å². The van der Waals surface area contributed by atoms with Crippen molar-refractivity contribution in [1.82, 2.24) is 5.32 Å². The van der Waals surface area contributed by atoms with Gasteiger partial charge in [-0.25, -0.2) is 4.39 Å². The van der Waals surface area contributed by atoms with E-state index in [2.05, 4.69) is 17.6 Å². The summed E-state index contributed by atoms with van der Waals surface area (Å²) in [6.07, 6.45) is 2.95. The molecule has 0 spiro atoms. The van der Waals surface area contributed by atoms with Crippen molar-refractivity contribution in [3.05, 3.63) is 29.6 Å². The lowest BCUT2D eigenvalue weighted by atomic mass is 10.1. The van der Waals surface area contributed by atoms with Crippen LogP contribution >= 0.6 is 11.8 Å². The van der Waals surface area contributed by atoms with Gasteiger partial charge >= 0.3 is 0 Å². The van der Waals surface area contributed by atoms with Crippen LogP contribution < -0.4 is 10.6 Å². The molecule has 1 unspecified atom stereocenters. The number of thioether (sulfide) groups is 1. The van der Waals surface area contributed by atoms with E-state index in [1.807, 2.05) is 13.2 Å². The maximum atomic E-state index is 13.7. The van der Waals surface area contributed by atoms with E-state index >= 15 is 0 Å². The second kappa shape index (κ2) is 8.04. The van der Waals surface area contributed by atoms with Gasteiger partial charge in [0.2, 0.25) is 0 Å². The van der Waals surface area contributed by atoms with Crippen LogP contribution in [0.15, 0.2) is 18.2 Å². The number of hydrogen-bond donors (Lipinski definition) is 2. The summed E-state index contributed by atoms with van der Waals surface area (Å²) >= 11 is 1.76. The molecular formula is C14H21FN2OS. The molecule has 1 aromatic rings. The van der Waals surface area contributed by atoms with Crippen LogP contribution in [0.5, 0.6) is 0 Å². The Labute approximate surface area is 118 Å². The largest absolute Gasteiger partial charge is 0.382 e. The topological polar surface area (TPSA) is 41.1 Å². The molecule has 1 aromatic carbocycles. The second-order valence-corrected chi connectivity index (χ2v) is 5.56. The van der Waals surface area contributed by atoms with Gasteiger partial charge in [-0.05, 0) is 31.7 Å². The molecule has 106 valence electrons. The van der Waals surface area contributed by atoms with Gasteiger partial charge < -0.3 is 10.6 Å². The Morgan fingerprint density at radius 3 is 2.84 bits per heavy atom. The third-order valence-corrected chi connectivity index (χ3v) is 3.89. The van der Waals surface area contributed by atoms with Crippen molar-refractivity contribution < 1.29 is 9.18 Å². The summed E-state index contributed by atoms with van der Waals surface area (Å²) in [4.78, 5) is 12.0. The Hall–Kier alpha value is -1.23. The van der Waals surface area contributed by atoms with Gasteiger partial charge in [-0.15, -0.1) is 0 Å². The predicted molar refractivity (Wildman–Crippen MR) is 80.5 cm³/mol. The van der Waals surface area contributed by atoms with E-state index < -0.39 is 5.82 Å². The summed E-state index contributed by atoms with van der Waals surface area (Å²) in [6, 6.07) is 4.54. The second-order valence-electron chi connectivity index (χ2n) is 4.28. The number of nitrogens with one attached hydrogen (secondary N) is 2. The van der Waals surface area contributed by atoms with Crippen molar-refractivity contribution in [3.8, 4) is 0 Å². The summed E-state index contributed by atoms with van der Waals surface area (Å²) in [5, 5.41) is 6.23. The summed E-state index contributed by atoms with van der Waals surface area (Å²) in [5.41, 5.74) is 0.638. The summed E-state index contributed by atoms with van der Waals surface area (Å²) < 4.78 is 13.7. The summed E-state index contributed by atoms with van der Waals surface area (Å²) in [5.74, 6) is -0.629. The number of halogens is 1. The van der Waals surface area contributed by atoms with Crippen molar-refractivity contribution in [2.24, 2.45) is 0 Å². The summed E-state index contributed by atoms with van der Waals surface area (Å²) in [6.45, 7) is 5.16. The van der Waals surface area contributed by atoms with E-state index in [9.17, 15) is 9.18 Å². The lowest BCUT2D eigenvalue weighted by Crippen LogP contribution is -2.27. The minimum absolute atomic E-state index is 0.233. The van der Waals surface area contributed by atoms with Crippen molar-refractivity contribution in [2.45, 2.75) is 25.5 Å². The predicted octanol–water partition coefficient (Wildman–Crippen LogP) is 3.13. The maximum Gasteiger partial charge on any atom is 0.253 e. The highest BCUT2D eigenvalue weighted by atomic mass is 32.2. The minimum atomic E-state index is -0.396.